The molecule has 0 radical (unpaired) electrons. The smallest absolute Gasteiger partial charge is 0.0721 e. The Labute approximate surface area is 73.4 Å². The summed E-state index contributed by atoms with van der Waals surface area (Å²) in [4.78, 5) is 0. The summed E-state index contributed by atoms with van der Waals surface area (Å²) < 4.78 is 0. The first-order valence-electron chi connectivity index (χ1n) is 4.24. The fraction of sp³-hybridized carbons (Fsp3) is 0.273. The van der Waals surface area contributed by atoms with Crippen LogP contribution >= 0.6 is 0 Å². The van der Waals surface area contributed by atoms with Gasteiger partial charge < -0.3 is 5.11 Å². The number of rotatable bonds is 3. The van der Waals surface area contributed by atoms with Gasteiger partial charge in [0.15, 0.2) is 0 Å². The second kappa shape index (κ2) is 4.73. The molecule has 12 heavy (non-hydrogen) atoms. The lowest BCUT2D eigenvalue weighted by atomic mass is 10.2. The van der Waals surface area contributed by atoms with Gasteiger partial charge in [-0.05, 0) is 12.0 Å². The van der Waals surface area contributed by atoms with Crippen molar-refractivity contribution in [2.24, 2.45) is 0 Å². The topological polar surface area (TPSA) is 20.2 Å². The summed E-state index contributed by atoms with van der Waals surface area (Å²) in [6.45, 7) is 1.96. The van der Waals surface area contributed by atoms with Crippen LogP contribution in [0.25, 0.3) is 6.08 Å². The highest BCUT2D eigenvalue weighted by molar-refractivity contribution is 5.49. The van der Waals surface area contributed by atoms with Gasteiger partial charge in [0.25, 0.3) is 0 Å². The normalized spacial score (nSPS) is 13.5. The van der Waals surface area contributed by atoms with Crippen LogP contribution in [-0.4, -0.2) is 11.2 Å². The fourth-order valence-corrected chi connectivity index (χ4v) is 0.922. The molecule has 1 aromatic carbocycles. The molecule has 1 heteroatoms. The molecule has 1 nitrogen and oxygen atoms in total. The first-order chi connectivity index (χ1) is 5.83. The molecule has 0 aliphatic carbocycles. The fourth-order valence-electron chi connectivity index (χ4n) is 0.922. The SMILES string of the molecule is CCC(O)/C=C/c1ccccc1. The molecular formula is C11H14O. The van der Waals surface area contributed by atoms with E-state index in [1.807, 2.05) is 49.4 Å². The molecule has 1 aromatic rings. The summed E-state index contributed by atoms with van der Waals surface area (Å²) in [6.07, 6.45) is 4.21. The third-order valence-electron chi connectivity index (χ3n) is 1.73. The van der Waals surface area contributed by atoms with E-state index in [1.165, 1.54) is 0 Å². The minimum absolute atomic E-state index is 0.315. The van der Waals surface area contributed by atoms with E-state index in [1.54, 1.807) is 0 Å². The predicted octanol–water partition coefficient (Wildman–Crippen LogP) is 2.47. The van der Waals surface area contributed by atoms with Crippen molar-refractivity contribution in [3.05, 3.63) is 42.0 Å². The molecule has 0 bridgehead atoms. The van der Waals surface area contributed by atoms with Crippen molar-refractivity contribution in [1.82, 2.24) is 0 Å². The summed E-state index contributed by atoms with van der Waals surface area (Å²) in [5.74, 6) is 0. The van der Waals surface area contributed by atoms with Gasteiger partial charge in [0, 0.05) is 0 Å². The van der Waals surface area contributed by atoms with Crippen molar-refractivity contribution >= 4 is 6.08 Å². The number of hydrogen-bond acceptors (Lipinski definition) is 1. The molecule has 0 saturated carbocycles. The number of benzene rings is 1. The largest absolute Gasteiger partial charge is 0.389 e. The van der Waals surface area contributed by atoms with E-state index in [2.05, 4.69) is 0 Å². The molecule has 1 atom stereocenters. The van der Waals surface area contributed by atoms with E-state index in [-0.39, 0.29) is 6.10 Å². The molecule has 0 aliphatic rings. The van der Waals surface area contributed by atoms with Crippen LogP contribution in [0.3, 0.4) is 0 Å². The molecule has 0 saturated heterocycles. The van der Waals surface area contributed by atoms with Crippen molar-refractivity contribution in [2.75, 3.05) is 0 Å². The Hall–Kier alpha value is -1.08. The van der Waals surface area contributed by atoms with E-state index in [4.69, 9.17) is 0 Å². The lowest BCUT2D eigenvalue weighted by molar-refractivity contribution is 0.220. The van der Waals surface area contributed by atoms with Crippen LogP contribution in [0.15, 0.2) is 36.4 Å². The third-order valence-corrected chi connectivity index (χ3v) is 1.73. The second-order valence-corrected chi connectivity index (χ2v) is 2.75. The zero-order valence-corrected chi connectivity index (χ0v) is 7.27. The van der Waals surface area contributed by atoms with Crippen LogP contribution in [0.5, 0.6) is 0 Å². The molecule has 0 aromatic heterocycles. The van der Waals surface area contributed by atoms with E-state index >= 15 is 0 Å². The van der Waals surface area contributed by atoms with Gasteiger partial charge in [-0.2, -0.15) is 0 Å². The highest BCUT2D eigenvalue weighted by Crippen LogP contribution is 2.02. The van der Waals surface area contributed by atoms with Gasteiger partial charge in [0.05, 0.1) is 6.10 Å². The Morgan fingerprint density at radius 1 is 1.33 bits per heavy atom. The van der Waals surface area contributed by atoms with Crippen LogP contribution in [0, 0.1) is 0 Å². The van der Waals surface area contributed by atoms with E-state index in [9.17, 15) is 5.11 Å². The Bertz CT molecular complexity index is 238. The summed E-state index contributed by atoms with van der Waals surface area (Å²) in [5, 5.41) is 9.23. The lowest BCUT2D eigenvalue weighted by Gasteiger charge is -1.98. The maximum atomic E-state index is 9.23. The first kappa shape index (κ1) is 9.01. The number of aliphatic hydroxyl groups is 1. The minimum atomic E-state index is -0.315. The number of aliphatic hydroxyl groups excluding tert-OH is 1. The Kier molecular flexibility index (Phi) is 3.55. The highest BCUT2D eigenvalue weighted by Gasteiger charge is 1.91. The summed E-state index contributed by atoms with van der Waals surface area (Å²) in [7, 11) is 0. The van der Waals surface area contributed by atoms with Gasteiger partial charge in [-0.3, -0.25) is 0 Å². The van der Waals surface area contributed by atoms with Gasteiger partial charge in [-0.25, -0.2) is 0 Å². The van der Waals surface area contributed by atoms with Gasteiger partial charge in [0.1, 0.15) is 0 Å². The van der Waals surface area contributed by atoms with Crippen LogP contribution in [0.4, 0.5) is 0 Å². The van der Waals surface area contributed by atoms with Crippen molar-refractivity contribution in [1.29, 1.82) is 0 Å². The van der Waals surface area contributed by atoms with E-state index in [0.717, 1.165) is 12.0 Å². The second-order valence-electron chi connectivity index (χ2n) is 2.75. The molecule has 0 amide bonds. The maximum absolute atomic E-state index is 9.23. The standard InChI is InChI=1S/C11H14O/c1-2-11(12)9-8-10-6-4-3-5-7-10/h3-9,11-12H,2H2,1H3/b9-8+. The Morgan fingerprint density at radius 3 is 2.58 bits per heavy atom. The summed E-state index contributed by atoms with van der Waals surface area (Å²) in [6, 6.07) is 9.97. The molecule has 1 N–H and O–H groups in total. The zero-order chi connectivity index (χ0) is 8.81. The van der Waals surface area contributed by atoms with Crippen LogP contribution < -0.4 is 0 Å². The van der Waals surface area contributed by atoms with Crippen LogP contribution in [-0.2, 0) is 0 Å². The monoisotopic (exact) mass is 162 g/mol. The van der Waals surface area contributed by atoms with Crippen LogP contribution in [0.2, 0.25) is 0 Å². The molecule has 0 fully saturated rings. The first-order valence-corrected chi connectivity index (χ1v) is 4.24. The molecule has 0 aliphatic heterocycles. The van der Waals surface area contributed by atoms with Crippen molar-refractivity contribution in [3.8, 4) is 0 Å². The number of hydrogen-bond donors (Lipinski definition) is 1. The van der Waals surface area contributed by atoms with Crippen LogP contribution in [0.1, 0.15) is 18.9 Å². The average molecular weight is 162 g/mol. The van der Waals surface area contributed by atoms with Gasteiger partial charge in [-0.15, -0.1) is 0 Å². The van der Waals surface area contributed by atoms with Crippen molar-refractivity contribution in [2.45, 2.75) is 19.4 Å². The quantitative estimate of drug-likeness (QED) is 0.724. The van der Waals surface area contributed by atoms with Crippen molar-refractivity contribution in [3.63, 3.8) is 0 Å². The average Bonchev–Trinajstić information content (AvgIpc) is 2.16. The van der Waals surface area contributed by atoms with Gasteiger partial charge >= 0.3 is 0 Å². The summed E-state index contributed by atoms with van der Waals surface area (Å²) >= 11 is 0. The molecule has 1 rings (SSSR count). The minimum Gasteiger partial charge on any atom is -0.389 e. The Morgan fingerprint density at radius 2 is 2.00 bits per heavy atom. The molecule has 1 unspecified atom stereocenters. The van der Waals surface area contributed by atoms with E-state index < -0.39 is 0 Å². The molecule has 0 heterocycles. The van der Waals surface area contributed by atoms with E-state index in [0.29, 0.717) is 0 Å². The molecule has 0 spiro atoms. The van der Waals surface area contributed by atoms with Gasteiger partial charge in [0.2, 0.25) is 0 Å². The maximum Gasteiger partial charge on any atom is 0.0721 e. The highest BCUT2D eigenvalue weighted by atomic mass is 16.3. The lowest BCUT2D eigenvalue weighted by Crippen LogP contribution is -1.97. The third kappa shape index (κ3) is 2.89. The zero-order valence-electron chi connectivity index (χ0n) is 7.27. The summed E-state index contributed by atoms with van der Waals surface area (Å²) in [5.41, 5.74) is 1.13. The van der Waals surface area contributed by atoms with Gasteiger partial charge in [-0.1, -0.05) is 49.4 Å². The Balaban J connectivity index is 2.58. The molecule has 64 valence electrons. The van der Waals surface area contributed by atoms with Crippen molar-refractivity contribution < 1.29 is 5.11 Å². The predicted molar refractivity (Wildman–Crippen MR) is 51.8 cm³/mol. The molecular weight excluding hydrogens is 148 g/mol.